The quantitative estimate of drug-likeness (QED) is 0.574. The van der Waals surface area contributed by atoms with Crippen molar-refractivity contribution in [1.82, 2.24) is 0 Å². The van der Waals surface area contributed by atoms with Gasteiger partial charge in [-0.25, -0.2) is 0 Å². The molecule has 10 heavy (non-hydrogen) atoms. The summed E-state index contributed by atoms with van der Waals surface area (Å²) in [6, 6.07) is 0. The molecule has 0 rings (SSSR count). The zero-order valence-electron chi connectivity index (χ0n) is 6.72. The van der Waals surface area contributed by atoms with Gasteiger partial charge >= 0.3 is 5.97 Å². The summed E-state index contributed by atoms with van der Waals surface area (Å²) in [6.07, 6.45) is 0.339. The first kappa shape index (κ1) is 13.1. The van der Waals surface area contributed by atoms with E-state index in [1.54, 1.807) is 13.8 Å². The fourth-order valence-electron chi connectivity index (χ4n) is 0.413. The van der Waals surface area contributed by atoms with Crippen LogP contribution in [0.1, 0.15) is 26.7 Å². The molecule has 0 aliphatic rings. The maximum absolute atomic E-state index is 9.93. The van der Waals surface area contributed by atoms with E-state index in [0.29, 0.717) is 6.42 Å². The van der Waals surface area contributed by atoms with Crippen molar-refractivity contribution < 1.29 is 15.0 Å². The number of rotatable bonds is 3. The smallest absolute Gasteiger partial charge is 0.303 e. The molecule has 4 heteroatoms. The van der Waals surface area contributed by atoms with Crippen LogP contribution in [0.15, 0.2) is 0 Å². The molecule has 0 atom stereocenters. The molecule has 0 aromatic heterocycles. The van der Waals surface area contributed by atoms with Gasteiger partial charge < -0.3 is 10.2 Å². The number of aliphatic hydroxyl groups is 1. The van der Waals surface area contributed by atoms with E-state index in [1.165, 1.54) is 0 Å². The van der Waals surface area contributed by atoms with Gasteiger partial charge in [0.05, 0.1) is 5.60 Å². The van der Waals surface area contributed by atoms with Crippen molar-refractivity contribution in [3.63, 3.8) is 0 Å². The van der Waals surface area contributed by atoms with Crippen molar-refractivity contribution in [2.75, 3.05) is 0 Å². The molecule has 0 aromatic carbocycles. The Morgan fingerprint density at radius 1 is 1.50 bits per heavy atom. The minimum absolute atomic E-state index is 0. The van der Waals surface area contributed by atoms with Gasteiger partial charge in [-0.2, -0.15) is 0 Å². The van der Waals surface area contributed by atoms with E-state index in [-0.39, 0.29) is 36.0 Å². The van der Waals surface area contributed by atoms with Crippen LogP contribution in [0.3, 0.4) is 0 Å². The second-order valence-electron chi connectivity index (χ2n) is 2.71. The predicted octanol–water partition coefficient (Wildman–Crippen LogP) is 0.241. The summed E-state index contributed by atoms with van der Waals surface area (Å²) in [5.74, 6) is -0.864. The third-order valence-electron chi connectivity index (χ3n) is 0.951. The first-order valence-electron chi connectivity index (χ1n) is 2.86. The molecule has 0 bridgehead atoms. The van der Waals surface area contributed by atoms with Gasteiger partial charge in [0.15, 0.2) is 0 Å². The molecule has 0 amide bonds. The van der Waals surface area contributed by atoms with E-state index >= 15 is 0 Å². The first-order valence-corrected chi connectivity index (χ1v) is 2.86. The molecule has 0 saturated heterocycles. The van der Waals surface area contributed by atoms with E-state index in [4.69, 9.17) is 10.2 Å². The van der Waals surface area contributed by atoms with Gasteiger partial charge in [-0.15, -0.1) is 0 Å². The Morgan fingerprint density at radius 2 is 1.90 bits per heavy atom. The number of hydrogen-bond donors (Lipinski definition) is 2. The van der Waals surface area contributed by atoms with Crippen molar-refractivity contribution >= 4 is 35.5 Å². The molecule has 3 nitrogen and oxygen atoms in total. The molecule has 0 saturated carbocycles. The van der Waals surface area contributed by atoms with Crippen LogP contribution in [0.25, 0.3) is 0 Å². The molecule has 0 heterocycles. The van der Waals surface area contributed by atoms with E-state index in [1.807, 2.05) is 0 Å². The van der Waals surface area contributed by atoms with Crippen LogP contribution < -0.4 is 0 Å². The van der Waals surface area contributed by atoms with Gasteiger partial charge in [0.25, 0.3) is 0 Å². The normalized spacial score (nSPS) is 10.3. The van der Waals surface area contributed by atoms with Gasteiger partial charge in [0, 0.05) is 36.0 Å². The molecule has 2 N–H and O–H groups in total. The Hall–Kier alpha value is 0.430. The molecule has 0 aromatic rings. The topological polar surface area (TPSA) is 57.5 Å². The largest absolute Gasteiger partial charge is 0.481 e. The standard InChI is InChI=1S/C6H12O3.Na/c1-6(2,9)4-3-5(7)8;/h9H,3-4H2,1-2H3,(H,7,8);. The third-order valence-corrected chi connectivity index (χ3v) is 0.951. The van der Waals surface area contributed by atoms with Crippen molar-refractivity contribution in [3.8, 4) is 0 Å². The summed E-state index contributed by atoms with van der Waals surface area (Å²) in [4.78, 5) is 9.93. The van der Waals surface area contributed by atoms with Crippen LogP contribution in [0.2, 0.25) is 0 Å². The summed E-state index contributed by atoms with van der Waals surface area (Å²) >= 11 is 0. The predicted molar refractivity (Wildman–Crippen MR) is 38.9 cm³/mol. The van der Waals surface area contributed by atoms with Crippen LogP contribution in [-0.4, -0.2) is 51.3 Å². The van der Waals surface area contributed by atoms with E-state index in [2.05, 4.69) is 0 Å². The maximum Gasteiger partial charge on any atom is 0.303 e. The summed E-state index contributed by atoms with van der Waals surface area (Å²) in [7, 11) is 0. The SMILES string of the molecule is CC(C)(O)CCC(=O)O.[Na]. The summed E-state index contributed by atoms with van der Waals surface area (Å²) in [5.41, 5.74) is -0.849. The van der Waals surface area contributed by atoms with Crippen LogP contribution in [0.4, 0.5) is 0 Å². The van der Waals surface area contributed by atoms with Crippen molar-refractivity contribution in [2.45, 2.75) is 32.3 Å². The fourth-order valence-corrected chi connectivity index (χ4v) is 0.413. The summed E-state index contributed by atoms with van der Waals surface area (Å²) in [6.45, 7) is 3.19. The molecule has 0 aliphatic carbocycles. The van der Waals surface area contributed by atoms with Crippen LogP contribution >= 0.6 is 0 Å². The van der Waals surface area contributed by atoms with Crippen molar-refractivity contribution in [2.24, 2.45) is 0 Å². The zero-order valence-corrected chi connectivity index (χ0v) is 8.72. The van der Waals surface area contributed by atoms with Crippen LogP contribution in [0.5, 0.6) is 0 Å². The monoisotopic (exact) mass is 155 g/mol. The van der Waals surface area contributed by atoms with Gasteiger partial charge in [-0.05, 0) is 20.3 Å². The number of carboxylic acid groups (broad SMARTS) is 1. The molecule has 55 valence electrons. The minimum Gasteiger partial charge on any atom is -0.481 e. The van der Waals surface area contributed by atoms with Crippen molar-refractivity contribution in [1.29, 1.82) is 0 Å². The number of hydrogen-bond acceptors (Lipinski definition) is 2. The second kappa shape index (κ2) is 5.13. The first-order chi connectivity index (χ1) is 3.92. The molecule has 0 aliphatic heterocycles. The van der Waals surface area contributed by atoms with E-state index in [9.17, 15) is 4.79 Å². The van der Waals surface area contributed by atoms with Gasteiger partial charge in [-0.3, -0.25) is 4.79 Å². The number of carbonyl (C=O) groups is 1. The second-order valence-corrected chi connectivity index (χ2v) is 2.71. The number of aliphatic carboxylic acids is 1. The molecule has 0 spiro atoms. The Labute approximate surface area is 82.7 Å². The molecule has 0 fully saturated rings. The average Bonchev–Trinajstić information content (AvgIpc) is 1.59. The Morgan fingerprint density at radius 3 is 2.00 bits per heavy atom. The minimum atomic E-state index is -0.864. The summed E-state index contributed by atoms with van der Waals surface area (Å²) < 4.78 is 0. The Kier molecular flexibility index (Phi) is 6.69. The molecule has 1 radical (unpaired) electrons. The van der Waals surface area contributed by atoms with E-state index in [0.717, 1.165) is 0 Å². The van der Waals surface area contributed by atoms with Gasteiger partial charge in [0.2, 0.25) is 0 Å². The Bertz CT molecular complexity index is 106. The zero-order chi connectivity index (χ0) is 7.49. The fraction of sp³-hybridized carbons (Fsp3) is 0.833. The third kappa shape index (κ3) is 11.3. The van der Waals surface area contributed by atoms with Crippen LogP contribution in [0, 0.1) is 0 Å². The summed E-state index contributed by atoms with van der Waals surface area (Å²) in [5, 5.41) is 17.2. The van der Waals surface area contributed by atoms with Crippen LogP contribution in [-0.2, 0) is 4.79 Å². The molecular formula is C6H12NaO3. The maximum atomic E-state index is 9.93. The molecular weight excluding hydrogens is 143 g/mol. The molecule has 0 unspecified atom stereocenters. The van der Waals surface area contributed by atoms with Gasteiger partial charge in [-0.1, -0.05) is 0 Å². The van der Waals surface area contributed by atoms with E-state index < -0.39 is 11.6 Å². The van der Waals surface area contributed by atoms with Crippen molar-refractivity contribution in [3.05, 3.63) is 0 Å². The van der Waals surface area contributed by atoms with Gasteiger partial charge in [0.1, 0.15) is 0 Å². The Balaban J connectivity index is 0. The average molecular weight is 155 g/mol. The number of carboxylic acids is 1.